The number of para-hydroxylation sites is 2. The fraction of sp³-hybridized carbons (Fsp3) is 0. The van der Waals surface area contributed by atoms with Gasteiger partial charge in [0.2, 0.25) is 0 Å². The van der Waals surface area contributed by atoms with Crippen molar-refractivity contribution in [2.75, 3.05) is 0 Å². The molecule has 0 spiro atoms. The number of fused-ring (bicyclic) bond motifs is 4. The number of benzene rings is 3. The molecule has 0 aliphatic heterocycles. The Kier molecular flexibility index (Phi) is 4.49. The van der Waals surface area contributed by atoms with Gasteiger partial charge >= 0.3 is 0 Å². The largest absolute Gasteiger partial charge is 0.298 e. The lowest BCUT2D eigenvalue weighted by molar-refractivity contribution is -0.384. The summed E-state index contributed by atoms with van der Waals surface area (Å²) in [6.07, 6.45) is 1.84. The van der Waals surface area contributed by atoms with E-state index < -0.39 is 9.85 Å². The number of non-ortho nitro benzene ring substituents is 2. The molecule has 35 heavy (non-hydrogen) atoms. The van der Waals surface area contributed by atoms with Crippen LogP contribution >= 0.6 is 0 Å². The van der Waals surface area contributed by atoms with Crippen LogP contribution in [0.25, 0.3) is 50.0 Å². The van der Waals surface area contributed by atoms with Gasteiger partial charge in [0.25, 0.3) is 11.4 Å². The Morgan fingerprint density at radius 2 is 1.51 bits per heavy atom. The van der Waals surface area contributed by atoms with E-state index >= 15 is 0 Å². The Morgan fingerprint density at radius 1 is 0.714 bits per heavy atom. The highest BCUT2D eigenvalue weighted by Gasteiger charge is 2.18. The molecule has 0 radical (unpaired) electrons. The number of hydrogen-bond donors (Lipinski definition) is 0. The maximum atomic E-state index is 11.6. The number of aromatic nitrogens is 3. The van der Waals surface area contributed by atoms with Gasteiger partial charge in [0.15, 0.2) is 0 Å². The maximum absolute atomic E-state index is 11.6. The van der Waals surface area contributed by atoms with Crippen LogP contribution in [-0.2, 0) is 0 Å². The van der Waals surface area contributed by atoms with Gasteiger partial charge in [0, 0.05) is 40.9 Å². The molecule has 0 aliphatic rings. The molecule has 3 aromatic carbocycles. The molecule has 9 nitrogen and oxygen atoms in total. The lowest BCUT2D eigenvalue weighted by Crippen LogP contribution is -1.95. The van der Waals surface area contributed by atoms with Crippen molar-refractivity contribution in [2.24, 2.45) is 0 Å². The molecule has 6 aromatic rings. The molecule has 3 heterocycles. The minimum atomic E-state index is -0.439. The molecule has 168 valence electrons. The molecular formula is C26H15N5O4. The van der Waals surface area contributed by atoms with E-state index in [0.717, 1.165) is 10.9 Å². The topological polar surface area (TPSA) is 116 Å². The van der Waals surface area contributed by atoms with Crippen LogP contribution in [-0.4, -0.2) is 24.2 Å². The van der Waals surface area contributed by atoms with E-state index in [1.165, 1.54) is 18.2 Å². The summed E-state index contributed by atoms with van der Waals surface area (Å²) in [5, 5.41) is 24.5. The van der Waals surface area contributed by atoms with E-state index in [2.05, 4.69) is 4.98 Å². The minimum Gasteiger partial charge on any atom is -0.298 e. The van der Waals surface area contributed by atoms with Gasteiger partial charge in [-0.15, -0.1) is 0 Å². The van der Waals surface area contributed by atoms with Crippen molar-refractivity contribution < 1.29 is 9.85 Å². The van der Waals surface area contributed by atoms with Crippen molar-refractivity contribution in [3.05, 3.63) is 111 Å². The molecular weight excluding hydrogens is 446 g/mol. The monoisotopic (exact) mass is 461 g/mol. The fourth-order valence-electron chi connectivity index (χ4n) is 4.34. The Balaban J connectivity index is 1.64. The SMILES string of the molecule is O=[N+]([O-])c1cccc(-c2cn3c(n2)c(-c2ccc4cccc([N+](=O)[O-])c4n2)cc2ccccc23)c1. The standard InChI is InChI=1S/C26H15N5O4/c32-30(33)19-8-3-7-17(13-19)22-15-29-23-9-2-1-5-18(23)14-20(26(29)28-22)21-12-11-16-6-4-10-24(31(34)35)25(16)27-21/h1-15H. The number of pyridine rings is 2. The Bertz CT molecular complexity index is 1830. The Morgan fingerprint density at radius 3 is 2.34 bits per heavy atom. The third-order valence-electron chi connectivity index (χ3n) is 5.97. The van der Waals surface area contributed by atoms with Gasteiger partial charge in [0.05, 0.1) is 26.8 Å². The van der Waals surface area contributed by atoms with Crippen LogP contribution in [0.4, 0.5) is 11.4 Å². The molecule has 0 saturated heterocycles. The van der Waals surface area contributed by atoms with Crippen LogP contribution in [0.5, 0.6) is 0 Å². The molecule has 0 bridgehead atoms. The lowest BCUT2D eigenvalue weighted by atomic mass is 10.1. The summed E-state index contributed by atoms with van der Waals surface area (Å²) in [5.74, 6) is 0. The summed E-state index contributed by atoms with van der Waals surface area (Å²) in [6.45, 7) is 0. The highest BCUT2D eigenvalue weighted by Crippen LogP contribution is 2.33. The summed E-state index contributed by atoms with van der Waals surface area (Å²) in [7, 11) is 0. The molecule has 0 amide bonds. The number of nitro benzene ring substituents is 2. The van der Waals surface area contributed by atoms with Gasteiger partial charge in [-0.1, -0.05) is 48.5 Å². The van der Waals surface area contributed by atoms with Crippen LogP contribution in [0.15, 0.2) is 91.1 Å². The summed E-state index contributed by atoms with van der Waals surface area (Å²) in [6, 6.07) is 24.5. The average molecular weight is 461 g/mol. The normalized spacial score (nSPS) is 11.3. The van der Waals surface area contributed by atoms with E-state index in [4.69, 9.17) is 4.98 Å². The molecule has 9 heteroatoms. The third-order valence-corrected chi connectivity index (χ3v) is 5.97. The highest BCUT2D eigenvalue weighted by molar-refractivity contribution is 5.95. The Labute approximate surface area is 197 Å². The fourth-order valence-corrected chi connectivity index (χ4v) is 4.34. The highest BCUT2D eigenvalue weighted by atomic mass is 16.6. The van der Waals surface area contributed by atoms with Crippen molar-refractivity contribution in [2.45, 2.75) is 0 Å². The first-order chi connectivity index (χ1) is 17.0. The zero-order valence-corrected chi connectivity index (χ0v) is 18.0. The molecule has 0 saturated carbocycles. The number of rotatable bonds is 4. The smallest absolute Gasteiger partial charge is 0.295 e. The van der Waals surface area contributed by atoms with Crippen molar-refractivity contribution in [3.8, 4) is 22.5 Å². The van der Waals surface area contributed by atoms with Crippen LogP contribution < -0.4 is 0 Å². The molecule has 0 fully saturated rings. The van der Waals surface area contributed by atoms with Crippen LogP contribution in [0, 0.1) is 20.2 Å². The van der Waals surface area contributed by atoms with Crippen molar-refractivity contribution in [3.63, 3.8) is 0 Å². The van der Waals surface area contributed by atoms with Gasteiger partial charge in [0.1, 0.15) is 11.2 Å². The predicted molar refractivity (Wildman–Crippen MR) is 132 cm³/mol. The van der Waals surface area contributed by atoms with Crippen LogP contribution in [0.1, 0.15) is 0 Å². The second kappa shape index (κ2) is 7.70. The second-order valence-corrected chi connectivity index (χ2v) is 8.05. The molecule has 3 aromatic heterocycles. The summed E-state index contributed by atoms with van der Waals surface area (Å²) in [5.41, 5.74) is 4.12. The quantitative estimate of drug-likeness (QED) is 0.228. The van der Waals surface area contributed by atoms with Crippen LogP contribution in [0.2, 0.25) is 0 Å². The average Bonchev–Trinajstić information content (AvgIpc) is 3.33. The number of hydrogen-bond acceptors (Lipinski definition) is 6. The van der Waals surface area contributed by atoms with Gasteiger partial charge in [-0.3, -0.25) is 24.6 Å². The minimum absolute atomic E-state index is 0.0202. The lowest BCUT2D eigenvalue weighted by Gasteiger charge is -2.09. The maximum Gasteiger partial charge on any atom is 0.295 e. The van der Waals surface area contributed by atoms with E-state index in [1.54, 1.807) is 30.3 Å². The Hall–Kier alpha value is -5.18. The number of nitro groups is 2. The zero-order chi connectivity index (χ0) is 24.1. The molecule has 0 unspecified atom stereocenters. The van der Waals surface area contributed by atoms with E-state index in [-0.39, 0.29) is 11.4 Å². The summed E-state index contributed by atoms with van der Waals surface area (Å²) < 4.78 is 1.92. The third kappa shape index (κ3) is 3.34. The van der Waals surface area contributed by atoms with Crippen molar-refractivity contribution in [1.82, 2.24) is 14.4 Å². The first-order valence-corrected chi connectivity index (χ1v) is 10.7. The molecule has 6 rings (SSSR count). The van der Waals surface area contributed by atoms with Gasteiger partial charge < -0.3 is 0 Å². The van der Waals surface area contributed by atoms with E-state index in [0.29, 0.717) is 39.1 Å². The first-order valence-electron chi connectivity index (χ1n) is 10.7. The van der Waals surface area contributed by atoms with Gasteiger partial charge in [-0.25, -0.2) is 9.97 Å². The first kappa shape index (κ1) is 20.4. The van der Waals surface area contributed by atoms with Crippen molar-refractivity contribution >= 4 is 38.8 Å². The van der Waals surface area contributed by atoms with E-state index in [1.807, 2.05) is 47.0 Å². The number of nitrogens with zero attached hydrogens (tertiary/aromatic N) is 5. The van der Waals surface area contributed by atoms with Crippen molar-refractivity contribution in [1.29, 1.82) is 0 Å². The molecule has 0 N–H and O–H groups in total. The molecule has 0 aliphatic carbocycles. The number of imidazole rings is 1. The summed E-state index contributed by atoms with van der Waals surface area (Å²) >= 11 is 0. The molecule has 0 atom stereocenters. The van der Waals surface area contributed by atoms with Gasteiger partial charge in [-0.2, -0.15) is 0 Å². The van der Waals surface area contributed by atoms with Crippen LogP contribution in [0.3, 0.4) is 0 Å². The second-order valence-electron chi connectivity index (χ2n) is 8.05. The van der Waals surface area contributed by atoms with Gasteiger partial charge in [-0.05, 0) is 23.6 Å². The predicted octanol–water partition coefficient (Wildman–Crippen LogP) is 6.19. The van der Waals surface area contributed by atoms with E-state index in [9.17, 15) is 20.2 Å². The zero-order valence-electron chi connectivity index (χ0n) is 18.0. The summed E-state index contributed by atoms with van der Waals surface area (Å²) in [4.78, 5) is 31.5.